The zero-order valence-electron chi connectivity index (χ0n) is 15.7. The van der Waals surface area contributed by atoms with E-state index in [4.69, 9.17) is 9.47 Å². The molecule has 1 aromatic rings. The normalized spacial score (nSPS) is 23.8. The Morgan fingerprint density at radius 3 is 2.54 bits per heavy atom. The Labute approximate surface area is 145 Å². The van der Waals surface area contributed by atoms with Crippen LogP contribution < -0.4 is 10.1 Å². The summed E-state index contributed by atoms with van der Waals surface area (Å²) < 4.78 is 11.5. The van der Waals surface area contributed by atoms with Crippen LogP contribution in [0, 0.1) is 19.8 Å². The van der Waals surface area contributed by atoms with Crippen molar-refractivity contribution in [2.45, 2.75) is 65.4 Å². The van der Waals surface area contributed by atoms with Gasteiger partial charge in [0, 0.05) is 12.3 Å². The second-order valence-electron chi connectivity index (χ2n) is 7.14. The highest BCUT2D eigenvalue weighted by molar-refractivity contribution is 5.97. The Kier molecular flexibility index (Phi) is 6.27. The molecule has 1 aliphatic rings. The number of hydrogen-bond donors (Lipinski definition) is 1. The lowest BCUT2D eigenvalue weighted by Crippen LogP contribution is -2.48. The largest absolute Gasteiger partial charge is 0.496 e. The van der Waals surface area contributed by atoms with E-state index in [-0.39, 0.29) is 5.91 Å². The number of amides is 1. The summed E-state index contributed by atoms with van der Waals surface area (Å²) >= 11 is 0. The molecule has 1 fully saturated rings. The Morgan fingerprint density at radius 1 is 1.33 bits per heavy atom. The van der Waals surface area contributed by atoms with Crippen molar-refractivity contribution in [2.75, 3.05) is 19.0 Å². The molecule has 0 bridgehead atoms. The average molecular weight is 333 g/mol. The van der Waals surface area contributed by atoms with Crippen LogP contribution in [0.4, 0.5) is 5.69 Å². The quantitative estimate of drug-likeness (QED) is 0.826. The zero-order chi connectivity index (χ0) is 17.7. The highest BCUT2D eigenvalue weighted by Crippen LogP contribution is 2.37. The van der Waals surface area contributed by atoms with Crippen molar-refractivity contribution in [3.63, 3.8) is 0 Å². The van der Waals surface area contributed by atoms with Crippen molar-refractivity contribution in [1.29, 1.82) is 0 Å². The summed E-state index contributed by atoms with van der Waals surface area (Å²) in [6, 6.07) is 3.92. The van der Waals surface area contributed by atoms with Crippen LogP contribution >= 0.6 is 0 Å². The minimum Gasteiger partial charge on any atom is -0.496 e. The fraction of sp³-hybridized carbons (Fsp3) is 0.650. The number of carbonyl (C=O) groups is 1. The van der Waals surface area contributed by atoms with E-state index in [2.05, 4.69) is 19.2 Å². The first-order valence-corrected chi connectivity index (χ1v) is 9.02. The van der Waals surface area contributed by atoms with E-state index in [1.54, 1.807) is 7.11 Å². The van der Waals surface area contributed by atoms with Gasteiger partial charge < -0.3 is 14.8 Å². The molecule has 2 rings (SSSR count). The van der Waals surface area contributed by atoms with E-state index in [0.717, 1.165) is 48.2 Å². The number of benzene rings is 1. The van der Waals surface area contributed by atoms with Gasteiger partial charge in [0.1, 0.15) is 11.4 Å². The molecular formula is C20H31NO3. The number of carbonyl (C=O) groups excluding carboxylic acids is 1. The molecule has 1 aromatic carbocycles. The summed E-state index contributed by atoms with van der Waals surface area (Å²) in [5.74, 6) is 1.38. The molecule has 134 valence electrons. The van der Waals surface area contributed by atoms with Gasteiger partial charge in [-0.15, -0.1) is 0 Å². The molecule has 0 unspecified atom stereocenters. The monoisotopic (exact) mass is 333 g/mol. The topological polar surface area (TPSA) is 47.6 Å². The second-order valence-corrected chi connectivity index (χ2v) is 7.14. The number of rotatable bonds is 6. The molecule has 0 aromatic heterocycles. The van der Waals surface area contributed by atoms with Crippen molar-refractivity contribution in [1.82, 2.24) is 0 Å². The molecule has 1 aliphatic carbocycles. The first-order valence-electron chi connectivity index (χ1n) is 9.02. The van der Waals surface area contributed by atoms with Crippen LogP contribution in [0.1, 0.15) is 57.1 Å². The molecule has 0 radical (unpaired) electrons. The summed E-state index contributed by atoms with van der Waals surface area (Å²) in [6.07, 6.45) is 4.73. The third-order valence-corrected chi connectivity index (χ3v) is 4.87. The van der Waals surface area contributed by atoms with Gasteiger partial charge in [0.15, 0.2) is 0 Å². The minimum atomic E-state index is -0.685. The summed E-state index contributed by atoms with van der Waals surface area (Å²) in [7, 11) is 1.67. The Bertz CT molecular complexity index is 561. The summed E-state index contributed by atoms with van der Waals surface area (Å²) in [5.41, 5.74) is 2.17. The van der Waals surface area contributed by atoms with E-state index >= 15 is 0 Å². The summed E-state index contributed by atoms with van der Waals surface area (Å²) in [5, 5.41) is 3.10. The predicted molar refractivity (Wildman–Crippen MR) is 97.7 cm³/mol. The van der Waals surface area contributed by atoms with Crippen LogP contribution in [0.3, 0.4) is 0 Å². The number of methoxy groups -OCH3 is 1. The molecule has 4 heteroatoms. The van der Waals surface area contributed by atoms with Gasteiger partial charge in [-0.05, 0) is 68.7 Å². The molecule has 1 amide bonds. The zero-order valence-corrected chi connectivity index (χ0v) is 15.7. The van der Waals surface area contributed by atoms with E-state index in [1.165, 1.54) is 6.42 Å². The Hall–Kier alpha value is -1.55. The number of nitrogens with one attached hydrogen (secondary N) is 1. The van der Waals surface area contributed by atoms with Gasteiger partial charge in [0.25, 0.3) is 5.91 Å². The number of anilines is 1. The van der Waals surface area contributed by atoms with Gasteiger partial charge >= 0.3 is 0 Å². The molecule has 24 heavy (non-hydrogen) atoms. The van der Waals surface area contributed by atoms with Crippen LogP contribution in [0.15, 0.2) is 12.1 Å². The van der Waals surface area contributed by atoms with Crippen molar-refractivity contribution < 1.29 is 14.3 Å². The third kappa shape index (κ3) is 4.10. The van der Waals surface area contributed by atoms with Gasteiger partial charge in [-0.3, -0.25) is 4.79 Å². The fourth-order valence-corrected chi connectivity index (χ4v) is 3.79. The lowest BCUT2D eigenvalue weighted by molar-refractivity contribution is -0.148. The van der Waals surface area contributed by atoms with Crippen LogP contribution in [0.5, 0.6) is 5.75 Å². The second kappa shape index (κ2) is 8.02. The van der Waals surface area contributed by atoms with Crippen molar-refractivity contribution in [3.8, 4) is 5.75 Å². The van der Waals surface area contributed by atoms with Gasteiger partial charge in [-0.1, -0.05) is 20.3 Å². The molecule has 0 spiro atoms. The summed E-state index contributed by atoms with van der Waals surface area (Å²) in [4.78, 5) is 13.1. The van der Waals surface area contributed by atoms with Gasteiger partial charge in [-0.2, -0.15) is 0 Å². The number of aryl methyl sites for hydroxylation is 2. The molecule has 4 nitrogen and oxygen atoms in total. The van der Waals surface area contributed by atoms with Crippen LogP contribution in [-0.4, -0.2) is 25.2 Å². The van der Waals surface area contributed by atoms with Gasteiger partial charge in [0.2, 0.25) is 0 Å². The van der Waals surface area contributed by atoms with Crippen LogP contribution in [-0.2, 0) is 9.53 Å². The molecule has 2 atom stereocenters. The van der Waals surface area contributed by atoms with Crippen molar-refractivity contribution >= 4 is 11.6 Å². The molecule has 0 aliphatic heterocycles. The summed E-state index contributed by atoms with van der Waals surface area (Å²) in [6.45, 7) is 8.90. The smallest absolute Gasteiger partial charge is 0.256 e. The van der Waals surface area contributed by atoms with Crippen molar-refractivity contribution in [2.24, 2.45) is 5.92 Å². The maximum absolute atomic E-state index is 13.1. The number of hydrogen-bond acceptors (Lipinski definition) is 3. The molecule has 0 heterocycles. The minimum absolute atomic E-state index is 0.00790. The van der Waals surface area contributed by atoms with Crippen LogP contribution in [0.25, 0.3) is 0 Å². The van der Waals surface area contributed by atoms with E-state index in [1.807, 2.05) is 26.0 Å². The van der Waals surface area contributed by atoms with Gasteiger partial charge in [-0.25, -0.2) is 0 Å². The lowest BCUT2D eigenvalue weighted by atomic mass is 9.78. The fourth-order valence-electron chi connectivity index (χ4n) is 3.79. The van der Waals surface area contributed by atoms with E-state index in [9.17, 15) is 4.79 Å². The first kappa shape index (κ1) is 18.8. The molecular weight excluding hydrogens is 302 g/mol. The molecule has 0 saturated heterocycles. The van der Waals surface area contributed by atoms with E-state index < -0.39 is 5.60 Å². The Balaban J connectivity index is 2.21. The predicted octanol–water partition coefficient (Wildman–Crippen LogP) is 4.63. The molecule has 1 N–H and O–H groups in total. The SMILES string of the molecule is CCCO[C@@]1(C(=O)Nc2cc(C)c(OC)c(C)c2)CCC[C@@H](C)C1. The van der Waals surface area contributed by atoms with E-state index in [0.29, 0.717) is 12.5 Å². The highest BCUT2D eigenvalue weighted by Gasteiger charge is 2.42. The third-order valence-electron chi connectivity index (χ3n) is 4.87. The standard InChI is InChI=1S/C20H31NO3/c1-6-10-24-20(9-7-8-14(2)13-20)19(22)21-17-11-15(3)18(23-5)16(4)12-17/h11-12,14H,6-10,13H2,1-5H3,(H,21,22)/t14-,20+/m1/s1. The molecule has 1 saturated carbocycles. The van der Waals surface area contributed by atoms with Crippen LogP contribution in [0.2, 0.25) is 0 Å². The highest BCUT2D eigenvalue weighted by atomic mass is 16.5. The van der Waals surface area contributed by atoms with Gasteiger partial charge in [0.05, 0.1) is 7.11 Å². The van der Waals surface area contributed by atoms with Crippen molar-refractivity contribution in [3.05, 3.63) is 23.3 Å². The first-order chi connectivity index (χ1) is 11.4. The maximum Gasteiger partial charge on any atom is 0.256 e. The average Bonchev–Trinajstić information content (AvgIpc) is 2.52. The lowest BCUT2D eigenvalue weighted by Gasteiger charge is -2.38. The Morgan fingerprint density at radius 2 is 2.00 bits per heavy atom. The number of ether oxygens (including phenoxy) is 2. The maximum atomic E-state index is 13.1.